The average molecular weight is 416 g/mol. The minimum absolute atomic E-state index is 0.0282. The fourth-order valence-electron chi connectivity index (χ4n) is 4.81. The Bertz CT molecular complexity index is 915. The molecule has 2 aliphatic rings. The number of hydrogen-bond acceptors (Lipinski definition) is 6. The normalized spacial score (nSPS) is 22.7. The number of fused-ring (bicyclic) bond motifs is 2. The molecule has 1 N–H and O–H groups in total. The van der Waals surface area contributed by atoms with E-state index in [0.717, 1.165) is 35.6 Å². The minimum atomic E-state index is -0.894. The van der Waals surface area contributed by atoms with Crippen molar-refractivity contribution in [3.05, 3.63) is 40.9 Å². The van der Waals surface area contributed by atoms with Crippen LogP contribution in [0.1, 0.15) is 55.2 Å². The van der Waals surface area contributed by atoms with Gasteiger partial charge in [-0.05, 0) is 38.3 Å². The second-order valence-electron chi connectivity index (χ2n) is 7.34. The summed E-state index contributed by atoms with van der Waals surface area (Å²) < 4.78 is 5.08. The van der Waals surface area contributed by atoms with Gasteiger partial charge in [0, 0.05) is 23.9 Å². The number of amides is 1. The molecule has 1 aliphatic heterocycles. The Hall–Kier alpha value is -2.61. The number of hydrogen-bond donors (Lipinski definition) is 1. The van der Waals surface area contributed by atoms with Crippen LogP contribution in [0, 0.1) is 5.92 Å². The van der Waals surface area contributed by atoms with Gasteiger partial charge in [0.05, 0.1) is 18.3 Å². The van der Waals surface area contributed by atoms with E-state index in [9.17, 15) is 14.7 Å². The van der Waals surface area contributed by atoms with Crippen molar-refractivity contribution >= 4 is 34.2 Å². The number of esters is 1. The van der Waals surface area contributed by atoms with Crippen LogP contribution >= 0.6 is 11.3 Å². The van der Waals surface area contributed by atoms with Crippen molar-refractivity contribution in [1.82, 2.24) is 4.98 Å². The van der Waals surface area contributed by atoms with Gasteiger partial charge in [0.1, 0.15) is 0 Å². The Labute approximate surface area is 173 Å². The van der Waals surface area contributed by atoms with Crippen LogP contribution in [-0.4, -0.2) is 41.3 Å². The molecule has 7 nitrogen and oxygen atoms in total. The number of anilines is 2. The number of carboxylic acid groups (broad SMARTS) is 1. The maximum absolute atomic E-state index is 12.1. The van der Waals surface area contributed by atoms with Gasteiger partial charge < -0.3 is 14.7 Å². The second-order valence-corrected chi connectivity index (χ2v) is 8.18. The Kier molecular flexibility index (Phi) is 5.45. The van der Waals surface area contributed by atoms with Crippen LogP contribution < -0.4 is 9.80 Å². The number of rotatable bonds is 5. The van der Waals surface area contributed by atoms with Gasteiger partial charge >= 0.3 is 12.1 Å². The first-order valence-electron chi connectivity index (χ1n) is 10.1. The highest BCUT2D eigenvalue weighted by atomic mass is 32.1. The van der Waals surface area contributed by atoms with Crippen LogP contribution in [0.15, 0.2) is 29.6 Å². The Morgan fingerprint density at radius 1 is 1.31 bits per heavy atom. The smallest absolute Gasteiger partial charge is 0.412 e. The number of ether oxygens (including phenoxy) is 1. The predicted molar refractivity (Wildman–Crippen MR) is 112 cm³/mol. The molecule has 1 amide bonds. The predicted octanol–water partition coefficient (Wildman–Crippen LogP) is 4.55. The van der Waals surface area contributed by atoms with Gasteiger partial charge in [0.2, 0.25) is 0 Å². The lowest BCUT2D eigenvalue weighted by molar-refractivity contribution is 0.0520. The van der Waals surface area contributed by atoms with Crippen LogP contribution in [0.4, 0.5) is 15.6 Å². The summed E-state index contributed by atoms with van der Waals surface area (Å²) in [5, 5.41) is 12.4. The summed E-state index contributed by atoms with van der Waals surface area (Å²) in [6, 6.07) is 7.75. The van der Waals surface area contributed by atoms with E-state index < -0.39 is 12.1 Å². The Morgan fingerprint density at radius 3 is 2.83 bits per heavy atom. The number of aromatic nitrogens is 1. The average Bonchev–Trinajstić information content (AvgIpc) is 3.37. The molecule has 2 aromatic rings. The molecule has 0 radical (unpaired) electrons. The molecule has 1 fully saturated rings. The molecular formula is C21H25N3O4S. The molecule has 1 aromatic heterocycles. The molecule has 8 heteroatoms. The number of carbonyl (C=O) groups excluding carboxylic acids is 1. The molecule has 1 unspecified atom stereocenters. The van der Waals surface area contributed by atoms with E-state index in [0.29, 0.717) is 18.8 Å². The first-order valence-corrected chi connectivity index (χ1v) is 10.9. The van der Waals surface area contributed by atoms with Crippen molar-refractivity contribution < 1.29 is 19.4 Å². The Morgan fingerprint density at radius 2 is 2.10 bits per heavy atom. The van der Waals surface area contributed by atoms with Crippen LogP contribution in [-0.2, 0) is 4.74 Å². The molecule has 154 valence electrons. The summed E-state index contributed by atoms with van der Waals surface area (Å²) in [6.07, 6.45) is 1.95. The van der Waals surface area contributed by atoms with Crippen molar-refractivity contribution in [3.63, 3.8) is 0 Å². The van der Waals surface area contributed by atoms with Crippen LogP contribution in [0.25, 0.3) is 0 Å². The number of thiazole rings is 1. The van der Waals surface area contributed by atoms with Gasteiger partial charge in [-0.25, -0.2) is 14.6 Å². The maximum atomic E-state index is 12.1. The Balaban J connectivity index is 1.76. The lowest BCUT2D eigenvalue weighted by Crippen LogP contribution is -2.51. The van der Waals surface area contributed by atoms with Crippen molar-refractivity contribution in [2.75, 3.05) is 23.0 Å². The highest BCUT2D eigenvalue weighted by Gasteiger charge is 2.48. The summed E-state index contributed by atoms with van der Waals surface area (Å²) in [4.78, 5) is 32.5. The summed E-state index contributed by atoms with van der Waals surface area (Å²) in [5.74, 6) is -0.221. The standard InChI is InChI=1S/C21H25N3O4S/c1-3-23(20-22-15(12-29-20)19(25)28-4-2)18-13-8-5-6-10-16(13)24(21(26)27)17-11-7-9-14(17)18/h5-6,8,10,12,14,17-18H,3-4,7,9,11H2,1-2H3,(H,26,27)/t14-,17+,18?/m0/s1. The van der Waals surface area contributed by atoms with E-state index in [2.05, 4.69) is 16.8 Å². The zero-order valence-electron chi connectivity index (χ0n) is 16.6. The largest absolute Gasteiger partial charge is 0.465 e. The molecule has 0 bridgehead atoms. The van der Waals surface area contributed by atoms with Crippen LogP contribution in [0.5, 0.6) is 0 Å². The number of carbonyl (C=O) groups is 2. The summed E-state index contributed by atoms with van der Waals surface area (Å²) in [5.41, 5.74) is 2.09. The zero-order valence-corrected chi connectivity index (χ0v) is 17.4. The maximum Gasteiger partial charge on any atom is 0.412 e. The third-order valence-electron chi connectivity index (χ3n) is 5.89. The van der Waals surface area contributed by atoms with Gasteiger partial charge in [-0.3, -0.25) is 4.90 Å². The van der Waals surface area contributed by atoms with Crippen molar-refractivity contribution in [2.24, 2.45) is 5.92 Å². The van der Waals surface area contributed by atoms with E-state index >= 15 is 0 Å². The number of nitrogens with zero attached hydrogens (tertiary/aromatic N) is 3. The van der Waals surface area contributed by atoms with E-state index in [1.807, 2.05) is 24.3 Å². The summed E-state index contributed by atoms with van der Waals surface area (Å²) in [7, 11) is 0. The van der Waals surface area contributed by atoms with Gasteiger partial charge in [-0.15, -0.1) is 11.3 Å². The SMILES string of the molecule is CCOC(=O)c1csc(N(CC)C2c3ccccc3N(C(=O)O)[C@@H]3CCC[C@H]23)n1. The third kappa shape index (κ3) is 3.35. The molecule has 4 rings (SSSR count). The number of para-hydroxylation sites is 1. The van der Waals surface area contributed by atoms with Crippen LogP contribution in [0.3, 0.4) is 0 Å². The minimum Gasteiger partial charge on any atom is -0.465 e. The van der Waals surface area contributed by atoms with Crippen molar-refractivity contribution in [1.29, 1.82) is 0 Å². The van der Waals surface area contributed by atoms with E-state index in [1.165, 1.54) is 11.3 Å². The molecule has 1 saturated carbocycles. The molecule has 2 heterocycles. The summed E-state index contributed by atoms with van der Waals surface area (Å²) in [6.45, 7) is 4.87. The third-order valence-corrected chi connectivity index (χ3v) is 6.77. The van der Waals surface area contributed by atoms with Crippen LogP contribution in [0.2, 0.25) is 0 Å². The molecule has 3 atom stereocenters. The molecule has 1 aliphatic carbocycles. The van der Waals surface area contributed by atoms with Crippen molar-refractivity contribution in [2.45, 2.75) is 45.2 Å². The molecule has 0 saturated heterocycles. The highest BCUT2D eigenvalue weighted by molar-refractivity contribution is 7.13. The van der Waals surface area contributed by atoms with Gasteiger partial charge in [-0.2, -0.15) is 0 Å². The van der Waals surface area contributed by atoms with E-state index in [1.54, 1.807) is 17.2 Å². The lowest BCUT2D eigenvalue weighted by Gasteiger charge is -2.46. The molecule has 1 aromatic carbocycles. The quantitative estimate of drug-likeness (QED) is 0.721. The second kappa shape index (κ2) is 8.02. The fraction of sp³-hybridized carbons (Fsp3) is 0.476. The molecular weight excluding hydrogens is 390 g/mol. The monoisotopic (exact) mass is 415 g/mol. The fourth-order valence-corrected chi connectivity index (χ4v) is 5.71. The van der Waals surface area contributed by atoms with Gasteiger partial charge in [0.15, 0.2) is 10.8 Å². The van der Waals surface area contributed by atoms with Crippen molar-refractivity contribution in [3.8, 4) is 0 Å². The lowest BCUT2D eigenvalue weighted by atomic mass is 9.82. The van der Waals surface area contributed by atoms with E-state index in [-0.39, 0.29) is 18.0 Å². The topological polar surface area (TPSA) is 83.0 Å². The zero-order chi connectivity index (χ0) is 20.5. The van der Waals surface area contributed by atoms with Gasteiger partial charge in [-0.1, -0.05) is 24.6 Å². The number of benzene rings is 1. The van der Waals surface area contributed by atoms with Gasteiger partial charge in [0.25, 0.3) is 0 Å². The molecule has 0 spiro atoms. The van der Waals surface area contributed by atoms with E-state index in [4.69, 9.17) is 4.74 Å². The first kappa shape index (κ1) is 19.7. The highest BCUT2D eigenvalue weighted by Crippen LogP contribution is 2.51. The summed E-state index contributed by atoms with van der Waals surface area (Å²) >= 11 is 1.43. The first-order chi connectivity index (χ1) is 14.1. The molecule has 29 heavy (non-hydrogen) atoms.